The van der Waals surface area contributed by atoms with Gasteiger partial charge in [-0.05, 0) is 63.8 Å². The summed E-state index contributed by atoms with van der Waals surface area (Å²) in [5.74, 6) is 1.83. The molecular weight excluding hydrogens is 200 g/mol. The van der Waals surface area contributed by atoms with Crippen molar-refractivity contribution in [1.82, 2.24) is 10.6 Å². The Hall–Kier alpha value is -0.570. The second-order valence-corrected chi connectivity index (χ2v) is 6.04. The molecule has 0 radical (unpaired) electrons. The summed E-state index contributed by atoms with van der Waals surface area (Å²) < 4.78 is 0. The lowest BCUT2D eigenvalue weighted by molar-refractivity contribution is -0.127. The fraction of sp³-hybridized carbons (Fsp3) is 0.923. The van der Waals surface area contributed by atoms with E-state index in [2.05, 4.69) is 10.6 Å². The number of carbonyl (C=O) groups excluding carboxylic acids is 1. The molecule has 0 aromatic carbocycles. The van der Waals surface area contributed by atoms with Crippen molar-refractivity contribution < 1.29 is 4.79 Å². The highest BCUT2D eigenvalue weighted by molar-refractivity contribution is 5.86. The van der Waals surface area contributed by atoms with E-state index in [0.717, 1.165) is 31.2 Å². The van der Waals surface area contributed by atoms with E-state index in [-0.39, 0.29) is 11.4 Å². The Kier molecular flexibility index (Phi) is 2.46. The van der Waals surface area contributed by atoms with E-state index in [1.807, 2.05) is 6.92 Å². The van der Waals surface area contributed by atoms with E-state index in [1.54, 1.807) is 0 Å². The highest BCUT2D eigenvalue weighted by Gasteiger charge is 2.45. The molecule has 2 N–H and O–H groups in total. The third-order valence-corrected chi connectivity index (χ3v) is 4.43. The molecule has 1 saturated heterocycles. The Morgan fingerprint density at radius 2 is 1.94 bits per heavy atom. The third-order valence-electron chi connectivity index (χ3n) is 4.43. The van der Waals surface area contributed by atoms with Gasteiger partial charge in [0.15, 0.2) is 0 Å². The first-order valence-corrected chi connectivity index (χ1v) is 6.75. The van der Waals surface area contributed by atoms with Crippen molar-refractivity contribution in [1.29, 1.82) is 0 Å². The predicted molar refractivity (Wildman–Crippen MR) is 63.0 cm³/mol. The fourth-order valence-corrected chi connectivity index (χ4v) is 2.93. The van der Waals surface area contributed by atoms with Crippen molar-refractivity contribution >= 4 is 5.91 Å². The van der Waals surface area contributed by atoms with Gasteiger partial charge >= 0.3 is 0 Å². The minimum absolute atomic E-state index is 0.244. The van der Waals surface area contributed by atoms with E-state index in [9.17, 15) is 4.79 Å². The largest absolute Gasteiger partial charge is 0.351 e. The number of hydrogen-bond donors (Lipinski definition) is 2. The predicted octanol–water partition coefficient (Wildman–Crippen LogP) is 1.43. The van der Waals surface area contributed by atoms with E-state index in [4.69, 9.17) is 0 Å². The molecule has 1 aliphatic heterocycles. The zero-order valence-corrected chi connectivity index (χ0v) is 10.1. The molecule has 0 bridgehead atoms. The van der Waals surface area contributed by atoms with Crippen molar-refractivity contribution in [2.24, 2.45) is 11.8 Å². The van der Waals surface area contributed by atoms with Gasteiger partial charge in [-0.25, -0.2) is 0 Å². The average Bonchev–Trinajstić information content (AvgIpc) is 3.16. The van der Waals surface area contributed by atoms with E-state index < -0.39 is 0 Å². The Labute approximate surface area is 97.4 Å². The van der Waals surface area contributed by atoms with Gasteiger partial charge in [-0.3, -0.25) is 4.79 Å². The van der Waals surface area contributed by atoms with Gasteiger partial charge in [0.05, 0.1) is 5.54 Å². The molecule has 3 nitrogen and oxygen atoms in total. The number of hydrogen-bond acceptors (Lipinski definition) is 2. The zero-order valence-electron chi connectivity index (χ0n) is 10.1. The number of nitrogens with one attached hydrogen (secondary N) is 2. The van der Waals surface area contributed by atoms with Crippen molar-refractivity contribution in [2.75, 3.05) is 6.54 Å². The molecule has 3 heteroatoms. The molecule has 16 heavy (non-hydrogen) atoms. The molecule has 0 spiro atoms. The van der Waals surface area contributed by atoms with Crippen LogP contribution in [0.5, 0.6) is 0 Å². The van der Waals surface area contributed by atoms with Crippen molar-refractivity contribution in [3.05, 3.63) is 0 Å². The average molecular weight is 222 g/mol. The number of amides is 1. The molecule has 3 fully saturated rings. The van der Waals surface area contributed by atoms with Crippen LogP contribution in [0.3, 0.4) is 0 Å². The van der Waals surface area contributed by atoms with Gasteiger partial charge in [-0.1, -0.05) is 0 Å². The molecule has 2 saturated carbocycles. The number of carbonyl (C=O) groups is 1. The smallest absolute Gasteiger partial charge is 0.240 e. The second-order valence-electron chi connectivity index (χ2n) is 6.04. The summed E-state index contributed by atoms with van der Waals surface area (Å²) in [5.41, 5.74) is -0.290. The Morgan fingerprint density at radius 3 is 2.38 bits per heavy atom. The lowest BCUT2D eigenvalue weighted by Gasteiger charge is -2.27. The standard InChI is InChI=1S/C13H22N2O/c1-13(7-2-8-14-13)12(16)15-11(9-3-4-9)10-5-6-10/h9-11,14H,2-8H2,1H3,(H,15,16). The Bertz CT molecular complexity index is 276. The molecule has 1 amide bonds. The quantitative estimate of drug-likeness (QED) is 0.755. The lowest BCUT2D eigenvalue weighted by Crippen LogP contribution is -2.54. The highest BCUT2D eigenvalue weighted by Crippen LogP contribution is 2.44. The zero-order chi connectivity index (χ0) is 11.2. The van der Waals surface area contributed by atoms with Crippen molar-refractivity contribution in [2.45, 2.75) is 57.0 Å². The van der Waals surface area contributed by atoms with Crippen LogP contribution in [0.15, 0.2) is 0 Å². The van der Waals surface area contributed by atoms with Crippen LogP contribution in [0.2, 0.25) is 0 Å². The van der Waals surface area contributed by atoms with Gasteiger partial charge in [-0.15, -0.1) is 0 Å². The van der Waals surface area contributed by atoms with Gasteiger partial charge in [0.2, 0.25) is 5.91 Å². The highest BCUT2D eigenvalue weighted by atomic mass is 16.2. The maximum atomic E-state index is 12.3. The molecule has 90 valence electrons. The fourth-order valence-electron chi connectivity index (χ4n) is 2.93. The summed E-state index contributed by atoms with van der Waals surface area (Å²) >= 11 is 0. The maximum absolute atomic E-state index is 12.3. The topological polar surface area (TPSA) is 41.1 Å². The summed E-state index contributed by atoms with van der Waals surface area (Å²) in [7, 11) is 0. The molecule has 2 aliphatic carbocycles. The molecule has 0 aromatic rings. The van der Waals surface area contributed by atoms with Gasteiger partial charge in [0.1, 0.15) is 0 Å². The SMILES string of the molecule is CC1(C(=O)NC(C2CC2)C2CC2)CCCN1. The Balaban J connectivity index is 1.61. The van der Waals surface area contributed by atoms with Crippen molar-refractivity contribution in [3.8, 4) is 0 Å². The van der Waals surface area contributed by atoms with Gasteiger partial charge in [0.25, 0.3) is 0 Å². The molecule has 0 aromatic heterocycles. The van der Waals surface area contributed by atoms with Crippen LogP contribution in [0.25, 0.3) is 0 Å². The van der Waals surface area contributed by atoms with E-state index in [0.29, 0.717) is 6.04 Å². The molecule has 1 atom stereocenters. The van der Waals surface area contributed by atoms with Crippen LogP contribution in [0.1, 0.15) is 45.4 Å². The summed E-state index contributed by atoms with van der Waals surface area (Å²) in [5, 5.41) is 6.67. The third kappa shape index (κ3) is 1.97. The van der Waals surface area contributed by atoms with Gasteiger partial charge in [-0.2, -0.15) is 0 Å². The molecule has 1 unspecified atom stereocenters. The first-order valence-electron chi connectivity index (χ1n) is 6.75. The van der Waals surface area contributed by atoms with Crippen LogP contribution < -0.4 is 10.6 Å². The van der Waals surface area contributed by atoms with E-state index in [1.165, 1.54) is 25.7 Å². The molecular formula is C13H22N2O. The van der Waals surface area contributed by atoms with Crippen LogP contribution in [-0.4, -0.2) is 24.0 Å². The maximum Gasteiger partial charge on any atom is 0.240 e. The van der Waals surface area contributed by atoms with Crippen LogP contribution in [-0.2, 0) is 4.79 Å². The molecule has 3 aliphatic rings. The first kappa shape index (κ1) is 10.6. The molecule has 3 rings (SSSR count). The van der Waals surface area contributed by atoms with Crippen LogP contribution in [0.4, 0.5) is 0 Å². The monoisotopic (exact) mass is 222 g/mol. The minimum Gasteiger partial charge on any atom is -0.351 e. The van der Waals surface area contributed by atoms with Crippen LogP contribution in [0, 0.1) is 11.8 Å². The van der Waals surface area contributed by atoms with Crippen LogP contribution >= 0.6 is 0 Å². The minimum atomic E-state index is -0.290. The molecule has 1 heterocycles. The summed E-state index contributed by atoms with van der Waals surface area (Å²) in [6.45, 7) is 3.04. The second kappa shape index (κ2) is 3.73. The summed E-state index contributed by atoms with van der Waals surface area (Å²) in [6.07, 6.45) is 7.41. The lowest BCUT2D eigenvalue weighted by atomic mass is 9.97. The first-order chi connectivity index (χ1) is 7.69. The normalized spacial score (nSPS) is 34.4. The Morgan fingerprint density at radius 1 is 1.31 bits per heavy atom. The van der Waals surface area contributed by atoms with Gasteiger partial charge in [0, 0.05) is 6.04 Å². The number of rotatable bonds is 4. The summed E-state index contributed by atoms with van der Waals surface area (Å²) in [6, 6.07) is 0.492. The van der Waals surface area contributed by atoms with Gasteiger partial charge < -0.3 is 10.6 Å². The van der Waals surface area contributed by atoms with E-state index >= 15 is 0 Å². The summed E-state index contributed by atoms with van der Waals surface area (Å²) in [4.78, 5) is 12.3. The van der Waals surface area contributed by atoms with Crippen molar-refractivity contribution in [3.63, 3.8) is 0 Å².